The summed E-state index contributed by atoms with van der Waals surface area (Å²) >= 11 is 0. The maximum Gasteiger partial charge on any atom is 0.418 e. The van der Waals surface area contributed by atoms with Crippen molar-refractivity contribution in [2.45, 2.75) is 20.0 Å². The lowest BCUT2D eigenvalue weighted by Gasteiger charge is -2.22. The second kappa shape index (κ2) is 8.73. The molecule has 0 aromatic heterocycles. The summed E-state index contributed by atoms with van der Waals surface area (Å²) in [5.41, 5.74) is -0.854. The Labute approximate surface area is 159 Å². The van der Waals surface area contributed by atoms with Crippen molar-refractivity contribution in [3.05, 3.63) is 53.8 Å². The van der Waals surface area contributed by atoms with Crippen LogP contribution in [-0.2, 0) is 15.8 Å². The molecule has 0 aliphatic rings. The minimum Gasteiger partial charge on any atom is -0.376 e. The van der Waals surface area contributed by atoms with Crippen LogP contribution in [0.1, 0.15) is 19.4 Å². The number of anilines is 3. The van der Waals surface area contributed by atoms with E-state index < -0.39 is 35.9 Å². The van der Waals surface area contributed by atoms with Crippen LogP contribution in [0.3, 0.4) is 0 Å². The Morgan fingerprint density at radius 2 is 1.71 bits per heavy atom. The second-order valence-corrected chi connectivity index (χ2v) is 5.91. The lowest BCUT2D eigenvalue weighted by atomic mass is 10.1. The molecule has 0 heterocycles. The number of benzene rings is 2. The third-order valence-corrected chi connectivity index (χ3v) is 3.83. The fraction of sp³-hybridized carbons (Fsp3) is 0.263. The summed E-state index contributed by atoms with van der Waals surface area (Å²) in [6.45, 7) is 2.75. The molecule has 0 atom stereocenters. The van der Waals surface area contributed by atoms with Crippen molar-refractivity contribution >= 4 is 28.9 Å². The van der Waals surface area contributed by atoms with Gasteiger partial charge in [-0.2, -0.15) is 13.2 Å². The first-order valence-corrected chi connectivity index (χ1v) is 8.40. The van der Waals surface area contributed by atoms with Crippen molar-refractivity contribution in [1.82, 2.24) is 0 Å². The molecule has 2 N–H and O–H groups in total. The summed E-state index contributed by atoms with van der Waals surface area (Å²) in [5.74, 6) is -1.44. The van der Waals surface area contributed by atoms with Crippen molar-refractivity contribution in [2.75, 3.05) is 28.6 Å². The summed E-state index contributed by atoms with van der Waals surface area (Å²) in [5, 5.41) is 4.79. The van der Waals surface area contributed by atoms with Crippen molar-refractivity contribution in [2.24, 2.45) is 0 Å². The first-order chi connectivity index (χ1) is 13.1. The molecule has 0 aliphatic carbocycles. The van der Waals surface area contributed by atoms with Crippen LogP contribution in [0.5, 0.6) is 0 Å². The lowest BCUT2D eigenvalue weighted by molar-refractivity contribution is -0.137. The molecule has 0 aliphatic heterocycles. The SMILES string of the molecule is CCN(C(=O)CNc1ccc(NC(C)=O)cc1C(F)(F)F)c1ccc(F)cc1. The van der Waals surface area contributed by atoms with E-state index in [4.69, 9.17) is 0 Å². The number of nitrogens with one attached hydrogen (secondary N) is 2. The quantitative estimate of drug-likeness (QED) is 0.716. The second-order valence-electron chi connectivity index (χ2n) is 5.91. The standard InChI is InChI=1S/C19H19F4N3O2/c1-3-26(15-7-4-13(20)5-8-15)18(28)11-24-17-9-6-14(25-12(2)27)10-16(17)19(21,22)23/h4-10,24H,3,11H2,1-2H3,(H,25,27). The number of likely N-dealkylation sites (N-methyl/N-ethyl adjacent to an activating group) is 1. The van der Waals surface area contributed by atoms with Crippen LogP contribution >= 0.6 is 0 Å². The number of carbonyl (C=O) groups is 2. The van der Waals surface area contributed by atoms with E-state index in [1.54, 1.807) is 6.92 Å². The van der Waals surface area contributed by atoms with Gasteiger partial charge in [0, 0.05) is 30.5 Å². The number of amides is 2. The fourth-order valence-corrected chi connectivity index (χ4v) is 2.60. The highest BCUT2D eigenvalue weighted by molar-refractivity contribution is 5.96. The number of rotatable bonds is 6. The van der Waals surface area contributed by atoms with E-state index >= 15 is 0 Å². The van der Waals surface area contributed by atoms with Gasteiger partial charge >= 0.3 is 6.18 Å². The molecule has 0 fully saturated rings. The van der Waals surface area contributed by atoms with Crippen LogP contribution in [0.25, 0.3) is 0 Å². The lowest BCUT2D eigenvalue weighted by Crippen LogP contribution is -2.35. The van der Waals surface area contributed by atoms with Gasteiger partial charge in [0.15, 0.2) is 0 Å². The smallest absolute Gasteiger partial charge is 0.376 e. The van der Waals surface area contributed by atoms with Gasteiger partial charge in [-0.3, -0.25) is 9.59 Å². The van der Waals surface area contributed by atoms with Crippen LogP contribution in [0, 0.1) is 5.82 Å². The third-order valence-electron chi connectivity index (χ3n) is 3.83. The molecule has 0 bridgehead atoms. The highest BCUT2D eigenvalue weighted by Crippen LogP contribution is 2.36. The average molecular weight is 397 g/mol. The number of halogens is 4. The average Bonchev–Trinajstić information content (AvgIpc) is 2.61. The number of nitrogens with zero attached hydrogens (tertiary/aromatic N) is 1. The summed E-state index contributed by atoms with van der Waals surface area (Å²) < 4.78 is 53.0. The molecule has 2 rings (SSSR count). The van der Waals surface area contributed by atoms with Crippen molar-refractivity contribution in [3.8, 4) is 0 Å². The molecule has 9 heteroatoms. The Hall–Kier alpha value is -3.10. The molecule has 150 valence electrons. The monoisotopic (exact) mass is 397 g/mol. The van der Waals surface area contributed by atoms with Crippen molar-refractivity contribution in [1.29, 1.82) is 0 Å². The molecule has 0 spiro atoms. The highest BCUT2D eigenvalue weighted by Gasteiger charge is 2.34. The topological polar surface area (TPSA) is 61.4 Å². The predicted molar refractivity (Wildman–Crippen MR) is 98.7 cm³/mol. The van der Waals surface area contributed by atoms with Gasteiger partial charge in [-0.15, -0.1) is 0 Å². The molecule has 0 saturated carbocycles. The third kappa shape index (κ3) is 5.45. The largest absolute Gasteiger partial charge is 0.418 e. The fourth-order valence-electron chi connectivity index (χ4n) is 2.60. The first kappa shape index (κ1) is 21.2. The van der Waals surface area contributed by atoms with Crippen LogP contribution in [0.2, 0.25) is 0 Å². The van der Waals surface area contributed by atoms with Crippen LogP contribution in [0.15, 0.2) is 42.5 Å². The van der Waals surface area contributed by atoms with Gasteiger partial charge in [0.05, 0.1) is 12.1 Å². The molecule has 0 radical (unpaired) electrons. The van der Waals surface area contributed by atoms with Gasteiger partial charge in [0.1, 0.15) is 5.82 Å². The highest BCUT2D eigenvalue weighted by atomic mass is 19.4. The molecule has 0 saturated heterocycles. The summed E-state index contributed by atoms with van der Waals surface area (Å²) in [6, 6.07) is 8.48. The zero-order valence-electron chi connectivity index (χ0n) is 15.2. The minimum absolute atomic E-state index is 0.00167. The van der Waals surface area contributed by atoms with Crippen molar-refractivity contribution < 1.29 is 27.2 Å². The Morgan fingerprint density at radius 3 is 2.25 bits per heavy atom. The predicted octanol–water partition coefficient (Wildman–Crippen LogP) is 4.27. The Balaban J connectivity index is 2.19. The number of alkyl halides is 3. The van der Waals surface area contributed by atoms with E-state index in [1.807, 2.05) is 0 Å². The molecule has 2 amide bonds. The molecule has 28 heavy (non-hydrogen) atoms. The van der Waals surface area contributed by atoms with Crippen LogP contribution in [-0.4, -0.2) is 24.9 Å². The summed E-state index contributed by atoms with van der Waals surface area (Å²) in [6.07, 6.45) is -4.68. The molecular weight excluding hydrogens is 378 g/mol. The van der Waals surface area contributed by atoms with E-state index in [2.05, 4.69) is 10.6 Å². The van der Waals surface area contributed by atoms with Crippen molar-refractivity contribution in [3.63, 3.8) is 0 Å². The Kier molecular flexibility index (Phi) is 6.61. The molecular formula is C19H19F4N3O2. The maximum absolute atomic E-state index is 13.3. The molecule has 0 unspecified atom stereocenters. The molecule has 5 nitrogen and oxygen atoms in total. The van der Waals surface area contributed by atoms with Gasteiger partial charge in [-0.05, 0) is 49.4 Å². The van der Waals surface area contributed by atoms with E-state index in [9.17, 15) is 27.2 Å². The van der Waals surface area contributed by atoms with E-state index in [1.165, 1.54) is 42.2 Å². The number of carbonyl (C=O) groups excluding carboxylic acids is 2. The van der Waals surface area contributed by atoms with Gasteiger partial charge in [0.25, 0.3) is 0 Å². The normalized spacial score (nSPS) is 11.1. The van der Waals surface area contributed by atoms with Crippen LogP contribution in [0.4, 0.5) is 34.6 Å². The zero-order chi connectivity index (χ0) is 20.9. The molecule has 2 aromatic rings. The van der Waals surface area contributed by atoms with E-state index in [-0.39, 0.29) is 17.9 Å². The Morgan fingerprint density at radius 1 is 1.07 bits per heavy atom. The van der Waals surface area contributed by atoms with Gasteiger partial charge in [-0.25, -0.2) is 4.39 Å². The van der Waals surface area contributed by atoms with Gasteiger partial charge in [0.2, 0.25) is 11.8 Å². The van der Waals surface area contributed by atoms with Crippen LogP contribution < -0.4 is 15.5 Å². The van der Waals surface area contributed by atoms with Gasteiger partial charge in [-0.1, -0.05) is 0 Å². The maximum atomic E-state index is 13.3. The Bertz CT molecular complexity index is 851. The number of hydrogen-bond acceptors (Lipinski definition) is 3. The van der Waals surface area contributed by atoms with Gasteiger partial charge < -0.3 is 15.5 Å². The number of hydrogen-bond donors (Lipinski definition) is 2. The first-order valence-electron chi connectivity index (χ1n) is 8.40. The van der Waals surface area contributed by atoms with E-state index in [0.717, 1.165) is 12.1 Å². The molecule has 2 aromatic carbocycles. The minimum atomic E-state index is -4.68. The van der Waals surface area contributed by atoms with E-state index in [0.29, 0.717) is 5.69 Å². The summed E-state index contributed by atoms with van der Waals surface area (Å²) in [7, 11) is 0. The zero-order valence-corrected chi connectivity index (χ0v) is 15.2. The summed E-state index contributed by atoms with van der Waals surface area (Å²) in [4.78, 5) is 24.8.